The molecule has 0 aliphatic carbocycles. The summed E-state index contributed by atoms with van der Waals surface area (Å²) in [5, 5.41) is 9.22. The first-order valence-corrected chi connectivity index (χ1v) is 9.61. The summed E-state index contributed by atoms with van der Waals surface area (Å²) in [5.41, 5.74) is 0.684. The Morgan fingerprint density at radius 1 is 1.04 bits per heavy atom. The summed E-state index contributed by atoms with van der Waals surface area (Å²) in [6.45, 7) is 0. The monoisotopic (exact) mass is 374 g/mol. The third-order valence-corrected chi connectivity index (χ3v) is 5.61. The number of amides is 1. The van der Waals surface area contributed by atoms with E-state index in [1.165, 1.54) is 11.4 Å². The van der Waals surface area contributed by atoms with Gasteiger partial charge in [0.15, 0.2) is 5.75 Å². The lowest BCUT2D eigenvalue weighted by Gasteiger charge is -2.11. The molecule has 0 bridgehead atoms. The van der Waals surface area contributed by atoms with Gasteiger partial charge in [0.2, 0.25) is 10.0 Å². The standard InChI is InChI=1S/C17H14N2O4S2/c18-25(21,22)16-10-12(11-24-16)17(20)19-14-8-4-5-9-15(14)23-13-6-2-1-3-7-13/h1-11H,(H,19,20)(H2,18,21,22). The highest BCUT2D eigenvalue weighted by molar-refractivity contribution is 7.91. The van der Waals surface area contributed by atoms with Crippen molar-refractivity contribution in [1.82, 2.24) is 0 Å². The first kappa shape index (κ1) is 17.2. The quantitative estimate of drug-likeness (QED) is 0.715. The number of benzene rings is 2. The number of hydrogen-bond donors (Lipinski definition) is 2. The molecule has 25 heavy (non-hydrogen) atoms. The van der Waals surface area contributed by atoms with Crippen LogP contribution in [0, 0.1) is 0 Å². The van der Waals surface area contributed by atoms with E-state index in [-0.39, 0.29) is 9.77 Å². The summed E-state index contributed by atoms with van der Waals surface area (Å²) in [6.07, 6.45) is 0. The van der Waals surface area contributed by atoms with Crippen molar-refractivity contribution in [2.75, 3.05) is 5.32 Å². The zero-order valence-corrected chi connectivity index (χ0v) is 14.5. The number of rotatable bonds is 5. The number of nitrogens with two attached hydrogens (primary N) is 1. The van der Waals surface area contributed by atoms with Crippen LogP contribution in [0.3, 0.4) is 0 Å². The summed E-state index contributed by atoms with van der Waals surface area (Å²) in [7, 11) is -3.82. The summed E-state index contributed by atoms with van der Waals surface area (Å²) < 4.78 is 28.4. The highest BCUT2D eigenvalue weighted by Crippen LogP contribution is 2.30. The fraction of sp³-hybridized carbons (Fsp3) is 0. The molecule has 3 rings (SSSR count). The molecule has 2 aromatic carbocycles. The number of anilines is 1. The molecule has 0 spiro atoms. The van der Waals surface area contributed by atoms with E-state index in [2.05, 4.69) is 5.32 Å². The van der Waals surface area contributed by atoms with E-state index in [1.807, 2.05) is 18.2 Å². The Kier molecular flexibility index (Phi) is 4.84. The van der Waals surface area contributed by atoms with E-state index >= 15 is 0 Å². The van der Waals surface area contributed by atoms with Crippen molar-refractivity contribution in [2.24, 2.45) is 5.14 Å². The predicted molar refractivity (Wildman–Crippen MR) is 96.6 cm³/mol. The van der Waals surface area contributed by atoms with Gasteiger partial charge in [-0.15, -0.1) is 11.3 Å². The van der Waals surface area contributed by atoms with Gasteiger partial charge in [-0.3, -0.25) is 4.79 Å². The van der Waals surface area contributed by atoms with Crippen LogP contribution in [-0.2, 0) is 10.0 Å². The first-order valence-electron chi connectivity index (χ1n) is 7.18. The minimum Gasteiger partial charge on any atom is -0.455 e. The molecule has 0 fully saturated rings. The third kappa shape index (κ3) is 4.24. The number of carbonyl (C=O) groups is 1. The van der Waals surface area contributed by atoms with Gasteiger partial charge >= 0.3 is 0 Å². The normalized spacial score (nSPS) is 11.1. The van der Waals surface area contributed by atoms with Crippen LogP contribution in [0.4, 0.5) is 5.69 Å². The summed E-state index contributed by atoms with van der Waals surface area (Å²) in [5.74, 6) is 0.662. The Labute approximate surface area is 148 Å². The molecule has 1 aromatic heterocycles. The number of nitrogens with one attached hydrogen (secondary N) is 1. The molecular weight excluding hydrogens is 360 g/mol. The van der Waals surface area contributed by atoms with Crippen LogP contribution < -0.4 is 15.2 Å². The second-order valence-electron chi connectivity index (χ2n) is 5.06. The third-order valence-electron chi connectivity index (χ3n) is 3.22. The molecule has 3 aromatic rings. The van der Waals surface area contributed by atoms with E-state index in [0.29, 0.717) is 17.2 Å². The average Bonchev–Trinajstić information content (AvgIpc) is 3.08. The van der Waals surface area contributed by atoms with Crippen molar-refractivity contribution in [3.63, 3.8) is 0 Å². The molecule has 0 saturated heterocycles. The fourth-order valence-corrected chi connectivity index (χ4v) is 3.64. The lowest BCUT2D eigenvalue weighted by atomic mass is 10.2. The van der Waals surface area contributed by atoms with Gasteiger partial charge in [0.1, 0.15) is 9.96 Å². The molecule has 0 radical (unpaired) electrons. The van der Waals surface area contributed by atoms with E-state index in [0.717, 1.165) is 11.3 Å². The Balaban J connectivity index is 1.81. The minimum atomic E-state index is -3.82. The molecule has 0 atom stereocenters. The number of carbonyl (C=O) groups excluding carboxylic acids is 1. The number of hydrogen-bond acceptors (Lipinski definition) is 5. The van der Waals surface area contributed by atoms with Gasteiger partial charge in [0, 0.05) is 5.38 Å². The second-order valence-corrected chi connectivity index (χ2v) is 7.76. The Morgan fingerprint density at radius 3 is 2.40 bits per heavy atom. The summed E-state index contributed by atoms with van der Waals surface area (Å²) >= 11 is 0.897. The van der Waals surface area contributed by atoms with E-state index in [9.17, 15) is 13.2 Å². The topological polar surface area (TPSA) is 98.5 Å². The smallest absolute Gasteiger partial charge is 0.256 e. The summed E-state index contributed by atoms with van der Waals surface area (Å²) in [6, 6.07) is 17.4. The summed E-state index contributed by atoms with van der Waals surface area (Å²) in [4.78, 5) is 12.4. The van der Waals surface area contributed by atoms with Crippen LogP contribution in [0.1, 0.15) is 10.4 Å². The maximum atomic E-state index is 12.4. The molecule has 8 heteroatoms. The maximum absolute atomic E-state index is 12.4. The largest absolute Gasteiger partial charge is 0.455 e. The van der Waals surface area contributed by atoms with E-state index in [1.54, 1.807) is 36.4 Å². The highest BCUT2D eigenvalue weighted by atomic mass is 32.2. The molecule has 128 valence electrons. The van der Waals surface area contributed by atoms with Gasteiger partial charge < -0.3 is 10.1 Å². The van der Waals surface area contributed by atoms with Gasteiger partial charge in [-0.2, -0.15) is 0 Å². The fourth-order valence-electron chi connectivity index (χ4n) is 2.05. The van der Waals surface area contributed by atoms with E-state index < -0.39 is 15.9 Å². The Hall–Kier alpha value is -2.68. The van der Waals surface area contributed by atoms with E-state index in [4.69, 9.17) is 9.88 Å². The lowest BCUT2D eigenvalue weighted by molar-refractivity contribution is 0.102. The zero-order chi connectivity index (χ0) is 17.9. The van der Waals surface area contributed by atoms with Gasteiger partial charge in [-0.05, 0) is 30.3 Å². The van der Waals surface area contributed by atoms with Crippen LogP contribution in [0.5, 0.6) is 11.5 Å². The lowest BCUT2D eigenvalue weighted by Crippen LogP contribution is -2.13. The van der Waals surface area contributed by atoms with Crippen molar-refractivity contribution < 1.29 is 17.9 Å². The van der Waals surface area contributed by atoms with Crippen LogP contribution in [0.2, 0.25) is 0 Å². The molecule has 0 saturated carbocycles. The van der Waals surface area contributed by atoms with Crippen molar-refractivity contribution in [1.29, 1.82) is 0 Å². The number of para-hydroxylation sites is 3. The van der Waals surface area contributed by atoms with Crippen LogP contribution in [0.25, 0.3) is 0 Å². The molecule has 0 unspecified atom stereocenters. The number of ether oxygens (including phenoxy) is 1. The van der Waals surface area contributed by atoms with Gasteiger partial charge in [-0.25, -0.2) is 13.6 Å². The predicted octanol–water partition coefficient (Wildman–Crippen LogP) is 3.44. The minimum absolute atomic E-state index is 0.0635. The number of thiophene rings is 1. The van der Waals surface area contributed by atoms with Crippen LogP contribution in [-0.4, -0.2) is 14.3 Å². The van der Waals surface area contributed by atoms with Gasteiger partial charge in [-0.1, -0.05) is 30.3 Å². The number of sulfonamides is 1. The van der Waals surface area contributed by atoms with Crippen molar-refractivity contribution in [3.8, 4) is 11.5 Å². The molecule has 1 amide bonds. The van der Waals surface area contributed by atoms with Gasteiger partial charge in [0.25, 0.3) is 5.91 Å². The highest BCUT2D eigenvalue weighted by Gasteiger charge is 2.16. The zero-order valence-electron chi connectivity index (χ0n) is 12.9. The molecule has 3 N–H and O–H groups in total. The molecular formula is C17H14N2O4S2. The average molecular weight is 374 g/mol. The number of primary sulfonamides is 1. The van der Waals surface area contributed by atoms with Crippen molar-refractivity contribution in [3.05, 3.63) is 71.6 Å². The molecule has 1 heterocycles. The van der Waals surface area contributed by atoms with Crippen molar-refractivity contribution in [2.45, 2.75) is 4.21 Å². The van der Waals surface area contributed by atoms with Crippen LogP contribution in [0.15, 0.2) is 70.3 Å². The van der Waals surface area contributed by atoms with Gasteiger partial charge in [0.05, 0.1) is 11.3 Å². The molecule has 6 nitrogen and oxygen atoms in total. The SMILES string of the molecule is NS(=O)(=O)c1cc(C(=O)Nc2ccccc2Oc2ccccc2)cs1. The Bertz CT molecular complexity index is 998. The van der Waals surface area contributed by atoms with Crippen LogP contribution >= 0.6 is 11.3 Å². The first-order chi connectivity index (χ1) is 11.9. The Morgan fingerprint density at radius 2 is 1.72 bits per heavy atom. The van der Waals surface area contributed by atoms with Crippen molar-refractivity contribution >= 4 is 33.0 Å². The molecule has 0 aliphatic heterocycles. The maximum Gasteiger partial charge on any atom is 0.256 e. The molecule has 0 aliphatic rings. The second kappa shape index (κ2) is 7.06.